The lowest BCUT2D eigenvalue weighted by atomic mass is 9.70. The molecule has 2 aliphatic rings. The predicted octanol–water partition coefficient (Wildman–Crippen LogP) is 2.75. The van der Waals surface area contributed by atoms with Gasteiger partial charge in [-0.2, -0.15) is 13.7 Å². The molecule has 0 saturated heterocycles. The number of carbonyl (C=O) groups excluding carboxylic acids is 1. The molecular formula is C18H21NO4S. The van der Waals surface area contributed by atoms with Crippen molar-refractivity contribution in [2.45, 2.75) is 44.8 Å². The molecule has 2 bridgehead atoms. The number of hydrogen-bond donors (Lipinski definition) is 1. The Kier molecular flexibility index (Phi) is 3.50. The van der Waals surface area contributed by atoms with E-state index in [0.29, 0.717) is 24.0 Å². The van der Waals surface area contributed by atoms with Crippen LogP contribution in [0, 0.1) is 28.1 Å². The highest BCUT2D eigenvalue weighted by Crippen LogP contribution is 2.69. The average Bonchev–Trinajstić information content (AvgIpc) is 2.80. The van der Waals surface area contributed by atoms with Gasteiger partial charge in [0.05, 0.1) is 11.6 Å². The first-order valence-corrected chi connectivity index (χ1v) is 9.46. The molecule has 0 heterocycles. The molecule has 3 unspecified atom stereocenters. The van der Waals surface area contributed by atoms with Crippen molar-refractivity contribution in [2.24, 2.45) is 16.7 Å². The van der Waals surface area contributed by atoms with Crippen LogP contribution in [0.15, 0.2) is 24.3 Å². The van der Waals surface area contributed by atoms with E-state index in [2.05, 4.69) is 0 Å². The Bertz CT molecular complexity index is 850. The van der Waals surface area contributed by atoms with Gasteiger partial charge in [-0.1, -0.05) is 32.9 Å². The number of benzene rings is 1. The maximum absolute atomic E-state index is 13.2. The van der Waals surface area contributed by atoms with Crippen LogP contribution in [0.25, 0.3) is 0 Å². The summed E-state index contributed by atoms with van der Waals surface area (Å²) < 4.78 is 33.1. The van der Waals surface area contributed by atoms with Crippen LogP contribution in [0.2, 0.25) is 0 Å². The molecule has 24 heavy (non-hydrogen) atoms. The molecule has 5 nitrogen and oxygen atoms in total. The number of fused-ring (bicyclic) bond motifs is 2. The first-order chi connectivity index (χ1) is 11.0. The summed E-state index contributed by atoms with van der Waals surface area (Å²) in [6.45, 7) is 5.67. The molecule has 0 amide bonds. The van der Waals surface area contributed by atoms with Crippen LogP contribution in [0.4, 0.5) is 0 Å². The van der Waals surface area contributed by atoms with E-state index >= 15 is 0 Å². The Morgan fingerprint density at radius 3 is 2.25 bits per heavy atom. The topological polar surface area (TPSA) is 95.2 Å². The molecule has 1 N–H and O–H groups in total. The second kappa shape index (κ2) is 4.90. The molecule has 2 aliphatic carbocycles. The molecule has 3 atom stereocenters. The number of rotatable bonds is 3. The fourth-order valence-corrected chi connectivity index (χ4v) is 6.52. The predicted molar refractivity (Wildman–Crippen MR) is 88.8 cm³/mol. The number of hydrogen-bond acceptors (Lipinski definition) is 4. The Morgan fingerprint density at radius 1 is 1.25 bits per heavy atom. The maximum atomic E-state index is 13.2. The van der Waals surface area contributed by atoms with Gasteiger partial charge in [-0.25, -0.2) is 0 Å². The van der Waals surface area contributed by atoms with E-state index in [0.717, 1.165) is 0 Å². The minimum absolute atomic E-state index is 0.0555. The molecule has 0 radical (unpaired) electrons. The van der Waals surface area contributed by atoms with Gasteiger partial charge in [-0.05, 0) is 41.9 Å². The zero-order valence-corrected chi connectivity index (χ0v) is 14.9. The Labute approximate surface area is 142 Å². The molecule has 1 aromatic carbocycles. The summed E-state index contributed by atoms with van der Waals surface area (Å²) in [6, 6.07) is 8.50. The molecule has 2 saturated carbocycles. The largest absolute Gasteiger partial charge is 0.297 e. The molecule has 1 aromatic rings. The third-order valence-electron chi connectivity index (χ3n) is 6.68. The number of Topliss-reactive ketones (excluding diaryl/α,β-unsaturated/α-hetero) is 1. The Balaban J connectivity index is 2.15. The van der Waals surface area contributed by atoms with E-state index in [1.807, 2.05) is 26.8 Å². The highest BCUT2D eigenvalue weighted by molar-refractivity contribution is 7.88. The fraction of sp³-hybridized carbons (Fsp3) is 0.556. The standard InChI is InChI=1S/C18H21NO4S/c1-16(2)14-8-9-17(16,3)15(20)18(14,24(21,22)23)10-12-4-6-13(11-19)7-5-12/h4-7,14H,8-10H2,1-3H3,(H,21,22,23). The van der Waals surface area contributed by atoms with Crippen LogP contribution in [0.1, 0.15) is 44.7 Å². The van der Waals surface area contributed by atoms with E-state index in [-0.39, 0.29) is 12.2 Å². The summed E-state index contributed by atoms with van der Waals surface area (Å²) >= 11 is 0. The van der Waals surface area contributed by atoms with Gasteiger partial charge >= 0.3 is 0 Å². The van der Waals surface area contributed by atoms with E-state index in [1.54, 1.807) is 24.3 Å². The Hall–Kier alpha value is -1.71. The van der Waals surface area contributed by atoms with Crippen molar-refractivity contribution in [1.29, 1.82) is 5.26 Å². The van der Waals surface area contributed by atoms with E-state index in [9.17, 15) is 17.8 Å². The lowest BCUT2D eigenvalue weighted by Crippen LogP contribution is -2.54. The van der Waals surface area contributed by atoms with Gasteiger partial charge in [0.25, 0.3) is 10.1 Å². The van der Waals surface area contributed by atoms with E-state index in [4.69, 9.17) is 5.26 Å². The van der Waals surface area contributed by atoms with Crippen molar-refractivity contribution in [3.8, 4) is 6.07 Å². The Morgan fingerprint density at radius 2 is 1.83 bits per heavy atom. The van der Waals surface area contributed by atoms with Gasteiger partial charge in [-0.3, -0.25) is 9.35 Å². The van der Waals surface area contributed by atoms with Crippen molar-refractivity contribution in [1.82, 2.24) is 0 Å². The molecular weight excluding hydrogens is 326 g/mol. The van der Waals surface area contributed by atoms with Crippen LogP contribution >= 0.6 is 0 Å². The van der Waals surface area contributed by atoms with Gasteiger partial charge in [0.2, 0.25) is 0 Å². The molecule has 0 spiro atoms. The minimum atomic E-state index is -4.58. The molecule has 0 aromatic heterocycles. The quantitative estimate of drug-likeness (QED) is 0.848. The second-order valence-electron chi connectivity index (χ2n) is 7.82. The summed E-state index contributed by atoms with van der Waals surface area (Å²) in [5.41, 5.74) is -0.148. The lowest BCUT2D eigenvalue weighted by molar-refractivity contribution is -0.130. The summed E-state index contributed by atoms with van der Waals surface area (Å²) in [6.07, 6.45) is 1.19. The van der Waals surface area contributed by atoms with Crippen molar-refractivity contribution in [3.63, 3.8) is 0 Å². The average molecular weight is 347 g/mol. The van der Waals surface area contributed by atoms with Crippen LogP contribution in [0.3, 0.4) is 0 Å². The van der Waals surface area contributed by atoms with Crippen molar-refractivity contribution >= 4 is 15.9 Å². The van der Waals surface area contributed by atoms with Crippen LogP contribution < -0.4 is 0 Å². The van der Waals surface area contributed by atoms with Gasteiger partial charge in [-0.15, -0.1) is 0 Å². The minimum Gasteiger partial charge on any atom is -0.297 e. The van der Waals surface area contributed by atoms with E-state index < -0.39 is 31.6 Å². The van der Waals surface area contributed by atoms with Gasteiger partial charge in [0, 0.05) is 11.8 Å². The van der Waals surface area contributed by atoms with E-state index in [1.165, 1.54) is 0 Å². The number of nitrogens with zero attached hydrogens (tertiary/aromatic N) is 1. The third-order valence-corrected chi connectivity index (χ3v) is 8.22. The van der Waals surface area contributed by atoms with Crippen molar-refractivity contribution in [2.75, 3.05) is 0 Å². The van der Waals surface area contributed by atoms with Crippen molar-refractivity contribution in [3.05, 3.63) is 35.4 Å². The first kappa shape index (κ1) is 17.1. The lowest BCUT2D eigenvalue weighted by Gasteiger charge is -2.35. The van der Waals surface area contributed by atoms with Crippen LogP contribution in [0.5, 0.6) is 0 Å². The monoisotopic (exact) mass is 347 g/mol. The summed E-state index contributed by atoms with van der Waals surface area (Å²) in [5, 5.41) is 8.88. The molecule has 0 aliphatic heterocycles. The fourth-order valence-electron chi connectivity index (χ4n) is 4.94. The highest BCUT2D eigenvalue weighted by Gasteiger charge is 2.77. The zero-order valence-electron chi connectivity index (χ0n) is 14.0. The number of carbonyl (C=O) groups is 1. The van der Waals surface area contributed by atoms with Crippen LogP contribution in [-0.2, 0) is 21.3 Å². The molecule has 3 rings (SSSR count). The van der Waals surface area contributed by atoms with Crippen LogP contribution in [-0.4, -0.2) is 23.5 Å². The molecule has 6 heteroatoms. The first-order valence-electron chi connectivity index (χ1n) is 8.02. The zero-order chi connectivity index (χ0) is 18.0. The smallest absolute Gasteiger partial charge is 0.278 e. The normalized spacial score (nSPS) is 34.3. The maximum Gasteiger partial charge on any atom is 0.278 e. The van der Waals surface area contributed by atoms with Gasteiger partial charge < -0.3 is 0 Å². The van der Waals surface area contributed by atoms with Gasteiger partial charge in [0.15, 0.2) is 10.5 Å². The summed E-state index contributed by atoms with van der Waals surface area (Å²) in [7, 11) is -4.58. The second-order valence-corrected chi connectivity index (χ2v) is 9.50. The SMILES string of the molecule is CC12CCC(C1(C)C)C(Cc1ccc(C#N)cc1)(S(=O)(=O)O)C2=O. The summed E-state index contributed by atoms with van der Waals surface area (Å²) in [4.78, 5) is 13.2. The highest BCUT2D eigenvalue weighted by atomic mass is 32.2. The molecule has 128 valence electrons. The number of nitriles is 1. The third kappa shape index (κ3) is 1.88. The van der Waals surface area contributed by atoms with Gasteiger partial charge in [0.1, 0.15) is 0 Å². The summed E-state index contributed by atoms with van der Waals surface area (Å²) in [5.74, 6) is -0.795. The number of ketones is 1. The molecule has 2 fully saturated rings. The van der Waals surface area contributed by atoms with Crippen molar-refractivity contribution < 1.29 is 17.8 Å².